The Kier molecular flexibility index (Phi) is 7.33. The van der Waals surface area contributed by atoms with Gasteiger partial charge in [0.05, 0.1) is 11.1 Å². The van der Waals surface area contributed by atoms with Crippen LogP contribution in [-0.2, 0) is 10.8 Å². The zero-order valence-corrected chi connectivity index (χ0v) is 33.0. The Morgan fingerprint density at radius 2 is 1.22 bits per heavy atom. The van der Waals surface area contributed by atoms with Crippen molar-refractivity contribution in [1.29, 1.82) is 0 Å². The fraction of sp³-hybridized carbons (Fsp3) is 0.200. The van der Waals surface area contributed by atoms with E-state index in [0.29, 0.717) is 23.4 Å². The summed E-state index contributed by atoms with van der Waals surface area (Å²) in [6.07, 6.45) is 12.1. The summed E-state index contributed by atoms with van der Waals surface area (Å²) < 4.78 is 6.27. The van der Waals surface area contributed by atoms with Crippen molar-refractivity contribution in [1.82, 2.24) is 9.97 Å². The quantitative estimate of drug-likeness (QED) is 0.180. The van der Waals surface area contributed by atoms with E-state index < -0.39 is 0 Å². The van der Waals surface area contributed by atoms with Crippen LogP contribution in [-0.4, -0.2) is 9.97 Å². The van der Waals surface area contributed by atoms with Gasteiger partial charge in [-0.15, -0.1) is 0 Å². The van der Waals surface area contributed by atoms with Crippen LogP contribution in [0, 0.1) is 5.92 Å². The molecule has 4 aliphatic carbocycles. The Hall–Kier alpha value is -6.32. The first-order valence-corrected chi connectivity index (χ1v) is 21.1. The zero-order valence-electron chi connectivity index (χ0n) is 33.0. The van der Waals surface area contributed by atoms with Crippen molar-refractivity contribution in [3.63, 3.8) is 0 Å². The molecule has 2 heterocycles. The number of furan rings is 1. The molecule has 3 heteroatoms. The van der Waals surface area contributed by atoms with E-state index in [-0.39, 0.29) is 10.8 Å². The van der Waals surface area contributed by atoms with E-state index in [4.69, 9.17) is 14.4 Å². The van der Waals surface area contributed by atoms with Crippen molar-refractivity contribution >= 4 is 27.6 Å². The maximum absolute atomic E-state index is 6.27. The largest absolute Gasteiger partial charge is 0.438 e. The fourth-order valence-electron chi connectivity index (χ4n) is 11.4. The first-order chi connectivity index (χ1) is 28.5. The van der Waals surface area contributed by atoms with Gasteiger partial charge in [-0.25, -0.2) is 4.98 Å². The molecule has 12 rings (SSSR count). The molecule has 58 heavy (non-hydrogen) atoms. The molecular formula is C55H44N2O. The maximum Gasteiger partial charge on any atom is 0.231 e. The van der Waals surface area contributed by atoms with Crippen molar-refractivity contribution in [3.8, 4) is 44.9 Å². The van der Waals surface area contributed by atoms with Crippen molar-refractivity contribution in [2.75, 3.05) is 0 Å². The van der Waals surface area contributed by atoms with Crippen LogP contribution in [0.2, 0.25) is 0 Å². The molecule has 1 spiro atoms. The third kappa shape index (κ3) is 4.92. The molecule has 3 nitrogen and oxygen atoms in total. The van der Waals surface area contributed by atoms with Crippen LogP contribution in [0.5, 0.6) is 0 Å². The Balaban J connectivity index is 0.860. The molecule has 8 aromatic rings. The number of rotatable bonds is 4. The van der Waals surface area contributed by atoms with Crippen molar-refractivity contribution in [2.45, 2.75) is 62.7 Å². The first kappa shape index (κ1) is 33.8. The highest BCUT2D eigenvalue weighted by molar-refractivity contribution is 6.10. The normalized spacial score (nSPS) is 19.7. The number of allylic oxidation sites excluding steroid dienone is 4. The van der Waals surface area contributed by atoms with Gasteiger partial charge >= 0.3 is 0 Å². The van der Waals surface area contributed by atoms with Crippen LogP contribution in [0.1, 0.15) is 74.1 Å². The first-order valence-electron chi connectivity index (χ1n) is 21.1. The minimum atomic E-state index is -0.0239. The summed E-state index contributed by atoms with van der Waals surface area (Å²) in [7, 11) is 0. The molecule has 0 amide bonds. The van der Waals surface area contributed by atoms with Crippen molar-refractivity contribution in [3.05, 3.63) is 186 Å². The topological polar surface area (TPSA) is 38.9 Å². The summed E-state index contributed by atoms with van der Waals surface area (Å²) in [5, 5.41) is 1.97. The summed E-state index contributed by atoms with van der Waals surface area (Å²) in [4.78, 5) is 10.1. The monoisotopic (exact) mass is 748 g/mol. The Labute approximate surface area is 339 Å². The fourth-order valence-corrected chi connectivity index (χ4v) is 11.4. The van der Waals surface area contributed by atoms with Gasteiger partial charge in [-0.1, -0.05) is 179 Å². The number of hydrogen-bond donors (Lipinski definition) is 0. The smallest absolute Gasteiger partial charge is 0.231 e. The molecule has 0 radical (unpaired) electrons. The molecule has 1 saturated carbocycles. The summed E-state index contributed by atoms with van der Waals surface area (Å²) >= 11 is 0. The highest BCUT2D eigenvalue weighted by atomic mass is 16.3. The average molecular weight is 749 g/mol. The molecule has 1 fully saturated rings. The van der Waals surface area contributed by atoms with Crippen LogP contribution in [0.3, 0.4) is 0 Å². The van der Waals surface area contributed by atoms with E-state index in [2.05, 4.69) is 135 Å². The second-order valence-electron chi connectivity index (χ2n) is 17.6. The SMILES string of the molecule is CC1(C)C2=CC3c4ccccc4C4(CCCCC4)C3C=C2c2cc(-c3ccc(-c4ccc(-c5nc(-c6ccccc6)c6c(n5)oc5ccccc56)cc4)cc3)ccc21. The zero-order chi connectivity index (χ0) is 38.6. The molecule has 2 aromatic heterocycles. The predicted octanol–water partition coefficient (Wildman–Crippen LogP) is 14.3. The molecule has 280 valence electrons. The second-order valence-corrected chi connectivity index (χ2v) is 17.6. The summed E-state index contributed by atoms with van der Waals surface area (Å²) in [5.41, 5.74) is 18.5. The molecule has 0 saturated heterocycles. The number of hydrogen-bond acceptors (Lipinski definition) is 3. The number of benzene rings is 6. The minimum absolute atomic E-state index is 0.0239. The minimum Gasteiger partial charge on any atom is -0.438 e. The summed E-state index contributed by atoms with van der Waals surface area (Å²) in [6.45, 7) is 4.86. The molecule has 2 atom stereocenters. The van der Waals surface area contributed by atoms with Gasteiger partial charge in [0.2, 0.25) is 5.71 Å². The number of fused-ring (bicyclic) bond motifs is 11. The highest BCUT2D eigenvalue weighted by Crippen LogP contribution is 2.64. The van der Waals surface area contributed by atoms with Gasteiger partial charge in [-0.05, 0) is 86.5 Å². The van der Waals surface area contributed by atoms with E-state index >= 15 is 0 Å². The van der Waals surface area contributed by atoms with E-state index in [9.17, 15) is 0 Å². The van der Waals surface area contributed by atoms with Crippen LogP contribution < -0.4 is 0 Å². The highest BCUT2D eigenvalue weighted by Gasteiger charge is 2.53. The summed E-state index contributed by atoms with van der Waals surface area (Å²) in [5.74, 6) is 1.66. The van der Waals surface area contributed by atoms with Gasteiger partial charge in [0, 0.05) is 33.3 Å². The molecule has 0 bridgehead atoms. The van der Waals surface area contributed by atoms with Crippen molar-refractivity contribution in [2.24, 2.45) is 5.92 Å². The predicted molar refractivity (Wildman–Crippen MR) is 238 cm³/mol. The third-order valence-electron chi connectivity index (χ3n) is 14.2. The second kappa shape index (κ2) is 12.6. The molecule has 4 aliphatic rings. The van der Waals surface area contributed by atoms with Gasteiger partial charge in [0.25, 0.3) is 0 Å². The Morgan fingerprint density at radius 1 is 0.569 bits per heavy atom. The van der Waals surface area contributed by atoms with E-state index in [1.807, 2.05) is 36.4 Å². The lowest BCUT2D eigenvalue weighted by atomic mass is 9.62. The van der Waals surface area contributed by atoms with Gasteiger partial charge in [0.15, 0.2) is 5.82 Å². The number of nitrogens with zero attached hydrogens (tertiary/aromatic N) is 2. The number of aromatic nitrogens is 2. The molecular weight excluding hydrogens is 705 g/mol. The molecule has 0 N–H and O–H groups in total. The number of para-hydroxylation sites is 1. The van der Waals surface area contributed by atoms with Gasteiger partial charge in [0.1, 0.15) is 5.58 Å². The van der Waals surface area contributed by atoms with E-state index in [1.54, 1.807) is 11.1 Å². The van der Waals surface area contributed by atoms with Gasteiger partial charge in [-0.3, -0.25) is 0 Å². The van der Waals surface area contributed by atoms with Crippen LogP contribution >= 0.6 is 0 Å². The van der Waals surface area contributed by atoms with Crippen molar-refractivity contribution < 1.29 is 4.42 Å². The lowest BCUT2D eigenvalue weighted by molar-refractivity contribution is 0.233. The van der Waals surface area contributed by atoms with E-state index in [1.165, 1.54) is 71.1 Å². The van der Waals surface area contributed by atoms with E-state index in [0.717, 1.165) is 38.7 Å². The Morgan fingerprint density at radius 3 is 2.00 bits per heavy atom. The Bertz CT molecular complexity index is 2990. The van der Waals surface area contributed by atoms with Crippen LogP contribution in [0.4, 0.5) is 0 Å². The van der Waals surface area contributed by atoms with Crippen LogP contribution in [0.15, 0.2) is 168 Å². The average Bonchev–Trinajstić information content (AvgIpc) is 3.86. The van der Waals surface area contributed by atoms with Crippen LogP contribution in [0.25, 0.3) is 72.5 Å². The third-order valence-corrected chi connectivity index (χ3v) is 14.2. The molecule has 2 unspecified atom stereocenters. The summed E-state index contributed by atoms with van der Waals surface area (Å²) in [6, 6.07) is 52.7. The van der Waals surface area contributed by atoms with Gasteiger partial charge < -0.3 is 4.42 Å². The standard InChI is InChI=1S/C55H44N2O/c1-54(2)45-28-27-39(31-42(45)44-33-48-43(32-47(44)54)40-15-7-9-17-46(40)55(48)29-11-4-12-30-55)36-21-19-34(20-22-36)35-23-25-38(26-24-35)52-56-51(37-13-5-3-6-14-37)50-41-16-8-10-18-49(41)58-53(50)57-52/h3,5-10,13-28,31-33,43,48H,4,11-12,29-30H2,1-2H3. The lowest BCUT2D eigenvalue weighted by Gasteiger charge is -2.41. The maximum atomic E-state index is 6.27. The molecule has 6 aromatic carbocycles. The van der Waals surface area contributed by atoms with Gasteiger partial charge in [-0.2, -0.15) is 4.98 Å². The lowest BCUT2D eigenvalue weighted by Crippen LogP contribution is -2.35. The molecule has 0 aliphatic heterocycles.